The maximum atomic E-state index is 14.6. The molecule has 0 heterocycles. The monoisotopic (exact) mass is 546 g/mol. The quantitative estimate of drug-likeness (QED) is 0.465. The van der Waals surface area contributed by atoms with Crippen molar-refractivity contribution in [2.24, 2.45) is 0 Å². The maximum absolute atomic E-state index is 14.6. The summed E-state index contributed by atoms with van der Waals surface area (Å²) in [5.41, 5.74) is 0.294. The summed E-state index contributed by atoms with van der Waals surface area (Å²) in [6.45, 7) is 3.06. The van der Waals surface area contributed by atoms with Crippen LogP contribution in [0.25, 0.3) is 0 Å². The maximum Gasteiger partial charge on any atom is 0.304 e. The minimum atomic E-state index is -4.25. The largest absolute Gasteiger partial charge is 0.354 e. The zero-order chi connectivity index (χ0) is 26.3. The van der Waals surface area contributed by atoms with Crippen LogP contribution in [0, 0.1) is 5.82 Å². The lowest BCUT2D eigenvalue weighted by Gasteiger charge is -2.33. The molecule has 0 saturated heterocycles. The molecule has 0 aromatic heterocycles. The van der Waals surface area contributed by atoms with Crippen molar-refractivity contribution in [2.75, 3.05) is 31.5 Å². The fourth-order valence-electron chi connectivity index (χ4n) is 3.17. The van der Waals surface area contributed by atoms with Crippen molar-refractivity contribution in [1.29, 1.82) is 0 Å². The Morgan fingerprint density at radius 3 is 2.31 bits per heavy atom. The molecule has 0 radical (unpaired) electrons. The standard InChI is InChI=1S/C23H29Cl2FN4O4S/c1-5-12-27-23(32)16(2)29(14-17-10-11-18(24)19(25)13-17)22(31)15-30(35(33,34)28(3)4)21-9-7-6-8-20(21)26/h6-11,13,16H,5,12,14-15H2,1-4H3,(H,27,32)/t16-/m1/s1. The number of carbonyl (C=O) groups excluding carboxylic acids is 2. The van der Waals surface area contributed by atoms with Crippen LogP contribution in [0.1, 0.15) is 25.8 Å². The van der Waals surface area contributed by atoms with Crippen molar-refractivity contribution in [3.8, 4) is 0 Å². The van der Waals surface area contributed by atoms with Crippen molar-refractivity contribution < 1.29 is 22.4 Å². The second-order valence-corrected chi connectivity index (χ2v) is 10.9. The van der Waals surface area contributed by atoms with Gasteiger partial charge in [0.25, 0.3) is 0 Å². The van der Waals surface area contributed by atoms with Crippen LogP contribution in [-0.4, -0.2) is 62.7 Å². The minimum Gasteiger partial charge on any atom is -0.354 e. The van der Waals surface area contributed by atoms with Crippen LogP contribution in [0.3, 0.4) is 0 Å². The lowest BCUT2D eigenvalue weighted by molar-refractivity contribution is -0.139. The van der Waals surface area contributed by atoms with Crippen molar-refractivity contribution in [3.05, 3.63) is 63.9 Å². The van der Waals surface area contributed by atoms with Crippen LogP contribution in [0.2, 0.25) is 10.0 Å². The van der Waals surface area contributed by atoms with Gasteiger partial charge in [-0.25, -0.2) is 8.70 Å². The van der Waals surface area contributed by atoms with Gasteiger partial charge in [-0.15, -0.1) is 0 Å². The SMILES string of the molecule is CCCNC(=O)[C@@H](C)N(Cc1ccc(Cl)c(Cl)c1)C(=O)CN(c1ccccc1F)S(=O)(=O)N(C)C. The number of halogens is 3. The van der Waals surface area contributed by atoms with E-state index in [-0.39, 0.29) is 17.3 Å². The lowest BCUT2D eigenvalue weighted by Crippen LogP contribution is -2.52. The summed E-state index contributed by atoms with van der Waals surface area (Å²) < 4.78 is 42.2. The van der Waals surface area contributed by atoms with Gasteiger partial charge in [0.2, 0.25) is 11.8 Å². The average molecular weight is 547 g/mol. The Hall–Kier alpha value is -2.40. The highest BCUT2D eigenvalue weighted by atomic mass is 35.5. The van der Waals surface area contributed by atoms with Gasteiger partial charge >= 0.3 is 10.2 Å². The van der Waals surface area contributed by atoms with E-state index in [9.17, 15) is 22.4 Å². The topological polar surface area (TPSA) is 90.0 Å². The van der Waals surface area contributed by atoms with E-state index in [4.69, 9.17) is 23.2 Å². The molecule has 12 heteroatoms. The van der Waals surface area contributed by atoms with Crippen molar-refractivity contribution in [3.63, 3.8) is 0 Å². The van der Waals surface area contributed by atoms with Gasteiger partial charge in [-0.2, -0.15) is 12.7 Å². The summed E-state index contributed by atoms with van der Waals surface area (Å²) in [6, 6.07) is 9.07. The number of hydrogen-bond donors (Lipinski definition) is 1. The third-order valence-corrected chi connectivity index (χ3v) is 7.74. The summed E-state index contributed by atoms with van der Waals surface area (Å²) in [5.74, 6) is -1.92. The van der Waals surface area contributed by atoms with Gasteiger partial charge < -0.3 is 10.2 Å². The van der Waals surface area contributed by atoms with E-state index in [0.717, 1.165) is 10.4 Å². The van der Waals surface area contributed by atoms with E-state index < -0.39 is 40.4 Å². The fraction of sp³-hybridized carbons (Fsp3) is 0.391. The number of para-hydroxylation sites is 1. The van der Waals surface area contributed by atoms with E-state index in [1.807, 2.05) is 6.92 Å². The van der Waals surface area contributed by atoms with Crippen LogP contribution >= 0.6 is 23.2 Å². The Bertz CT molecular complexity index is 1160. The van der Waals surface area contributed by atoms with E-state index in [0.29, 0.717) is 27.9 Å². The highest BCUT2D eigenvalue weighted by molar-refractivity contribution is 7.90. The molecule has 0 bridgehead atoms. The first kappa shape index (κ1) is 28.8. The molecule has 192 valence electrons. The first-order valence-electron chi connectivity index (χ1n) is 10.9. The number of nitrogens with one attached hydrogen (secondary N) is 1. The van der Waals surface area contributed by atoms with Gasteiger partial charge in [-0.3, -0.25) is 9.59 Å². The Kier molecular flexibility index (Phi) is 10.3. The van der Waals surface area contributed by atoms with Crippen molar-refractivity contribution in [2.45, 2.75) is 32.9 Å². The molecule has 0 fully saturated rings. The number of benzene rings is 2. The van der Waals surface area contributed by atoms with E-state index in [1.54, 1.807) is 18.2 Å². The van der Waals surface area contributed by atoms with Crippen LogP contribution in [0.5, 0.6) is 0 Å². The third kappa shape index (κ3) is 7.30. The molecule has 0 aliphatic rings. The van der Waals surface area contributed by atoms with Gasteiger partial charge in [0.1, 0.15) is 18.4 Å². The van der Waals surface area contributed by atoms with Gasteiger partial charge in [0.05, 0.1) is 15.7 Å². The number of anilines is 1. The molecule has 8 nitrogen and oxygen atoms in total. The van der Waals surface area contributed by atoms with Crippen LogP contribution < -0.4 is 9.62 Å². The van der Waals surface area contributed by atoms with Crippen LogP contribution in [0.15, 0.2) is 42.5 Å². The van der Waals surface area contributed by atoms with E-state index in [1.165, 1.54) is 44.1 Å². The highest BCUT2D eigenvalue weighted by Gasteiger charge is 2.33. The predicted molar refractivity (Wildman–Crippen MR) is 136 cm³/mol. The molecule has 2 amide bonds. The highest BCUT2D eigenvalue weighted by Crippen LogP contribution is 2.26. The molecule has 2 aromatic rings. The zero-order valence-electron chi connectivity index (χ0n) is 20.0. The molecule has 2 rings (SSSR count). The average Bonchev–Trinajstić information content (AvgIpc) is 2.81. The first-order valence-corrected chi connectivity index (χ1v) is 13.0. The summed E-state index contributed by atoms with van der Waals surface area (Å²) >= 11 is 12.1. The first-order chi connectivity index (χ1) is 16.4. The molecule has 35 heavy (non-hydrogen) atoms. The number of carbonyl (C=O) groups is 2. The molecule has 2 aromatic carbocycles. The van der Waals surface area contributed by atoms with Gasteiger partial charge in [0.15, 0.2) is 0 Å². The summed E-state index contributed by atoms with van der Waals surface area (Å²) in [6.07, 6.45) is 0.696. The summed E-state index contributed by atoms with van der Waals surface area (Å²) in [5, 5.41) is 3.33. The van der Waals surface area contributed by atoms with Gasteiger partial charge in [0, 0.05) is 27.2 Å². The molecule has 0 unspecified atom stereocenters. The van der Waals surface area contributed by atoms with Crippen LogP contribution in [0.4, 0.5) is 10.1 Å². The second kappa shape index (κ2) is 12.5. The van der Waals surface area contributed by atoms with E-state index >= 15 is 0 Å². The van der Waals surface area contributed by atoms with Crippen molar-refractivity contribution >= 4 is 50.9 Å². The number of amides is 2. The van der Waals surface area contributed by atoms with E-state index in [2.05, 4.69) is 5.32 Å². The zero-order valence-corrected chi connectivity index (χ0v) is 22.3. The van der Waals surface area contributed by atoms with Gasteiger partial charge in [-0.1, -0.05) is 48.3 Å². The number of hydrogen-bond acceptors (Lipinski definition) is 4. The third-order valence-electron chi connectivity index (χ3n) is 5.19. The van der Waals surface area contributed by atoms with Crippen LogP contribution in [-0.2, 0) is 26.3 Å². The molecule has 0 aliphatic carbocycles. The van der Waals surface area contributed by atoms with Crippen molar-refractivity contribution in [1.82, 2.24) is 14.5 Å². The smallest absolute Gasteiger partial charge is 0.304 e. The second-order valence-electron chi connectivity index (χ2n) is 7.99. The Morgan fingerprint density at radius 2 is 1.74 bits per heavy atom. The normalized spacial score (nSPS) is 12.3. The molecule has 1 atom stereocenters. The Labute approximate surface area is 215 Å². The Balaban J connectivity index is 2.47. The lowest BCUT2D eigenvalue weighted by atomic mass is 10.1. The number of nitrogens with zero attached hydrogens (tertiary/aromatic N) is 3. The molecule has 0 saturated carbocycles. The predicted octanol–water partition coefficient (Wildman–Crippen LogP) is 3.69. The molecule has 0 aliphatic heterocycles. The fourth-order valence-corrected chi connectivity index (χ4v) is 4.55. The van der Waals surface area contributed by atoms with Gasteiger partial charge in [-0.05, 0) is 43.2 Å². The summed E-state index contributed by atoms with van der Waals surface area (Å²) in [4.78, 5) is 27.5. The Morgan fingerprint density at radius 1 is 1.09 bits per heavy atom. The minimum absolute atomic E-state index is 0.0520. The molecule has 1 N–H and O–H groups in total. The number of rotatable bonds is 11. The molecule has 0 spiro atoms. The molecular formula is C23H29Cl2FN4O4S. The molecular weight excluding hydrogens is 518 g/mol. The summed E-state index contributed by atoms with van der Waals surface area (Å²) in [7, 11) is -1.69.